The second kappa shape index (κ2) is 4.94. The second-order valence-electron chi connectivity index (χ2n) is 3.43. The average Bonchev–Trinajstić information content (AvgIpc) is 2.78. The molecule has 0 aliphatic rings. The molecule has 0 saturated carbocycles. The average molecular weight is 231 g/mol. The highest BCUT2D eigenvalue weighted by Crippen LogP contribution is 2.31. The van der Waals surface area contributed by atoms with Gasteiger partial charge in [0.25, 0.3) is 0 Å². The molecule has 0 fully saturated rings. The zero-order chi connectivity index (χ0) is 11.4. The van der Waals surface area contributed by atoms with Crippen LogP contribution in [0.1, 0.15) is 13.3 Å². The van der Waals surface area contributed by atoms with Crippen molar-refractivity contribution in [3.05, 3.63) is 42.5 Å². The molecule has 1 amide bonds. The highest BCUT2D eigenvalue weighted by molar-refractivity contribution is 7.19. The highest BCUT2D eigenvalue weighted by atomic mass is 32.1. The summed E-state index contributed by atoms with van der Waals surface area (Å²) in [6, 6.07) is 14.1. The van der Waals surface area contributed by atoms with Crippen LogP contribution in [-0.4, -0.2) is 5.91 Å². The molecule has 1 N–H and O–H groups in total. The van der Waals surface area contributed by atoms with Gasteiger partial charge in [-0.15, -0.1) is 11.3 Å². The van der Waals surface area contributed by atoms with Crippen molar-refractivity contribution >= 4 is 22.2 Å². The minimum absolute atomic E-state index is 0.0569. The third-order valence-electron chi connectivity index (χ3n) is 2.25. The van der Waals surface area contributed by atoms with Gasteiger partial charge < -0.3 is 5.32 Å². The normalized spacial score (nSPS) is 10.1. The SMILES string of the molecule is CCC(=O)Nc1ccc(-c2ccccc2)s1. The molecule has 0 aliphatic heterocycles. The number of thiophene rings is 1. The van der Waals surface area contributed by atoms with Crippen molar-refractivity contribution in [2.45, 2.75) is 13.3 Å². The van der Waals surface area contributed by atoms with Gasteiger partial charge in [-0.2, -0.15) is 0 Å². The van der Waals surface area contributed by atoms with Crippen LogP contribution in [0.3, 0.4) is 0 Å². The van der Waals surface area contributed by atoms with Gasteiger partial charge in [-0.25, -0.2) is 0 Å². The Morgan fingerprint density at radius 2 is 1.94 bits per heavy atom. The minimum Gasteiger partial charge on any atom is -0.318 e. The molecule has 2 rings (SSSR count). The first-order valence-corrected chi connectivity index (χ1v) is 6.06. The third-order valence-corrected chi connectivity index (χ3v) is 3.30. The Balaban J connectivity index is 2.17. The maximum Gasteiger partial charge on any atom is 0.224 e. The van der Waals surface area contributed by atoms with Gasteiger partial charge in [-0.1, -0.05) is 37.3 Å². The van der Waals surface area contributed by atoms with Crippen molar-refractivity contribution in [3.63, 3.8) is 0 Å². The zero-order valence-electron chi connectivity index (χ0n) is 9.07. The summed E-state index contributed by atoms with van der Waals surface area (Å²) < 4.78 is 0. The Bertz CT molecular complexity index is 476. The Labute approximate surface area is 98.9 Å². The van der Waals surface area contributed by atoms with E-state index in [0.29, 0.717) is 6.42 Å². The van der Waals surface area contributed by atoms with Crippen LogP contribution >= 0.6 is 11.3 Å². The summed E-state index contributed by atoms with van der Waals surface area (Å²) in [6.07, 6.45) is 0.512. The van der Waals surface area contributed by atoms with Gasteiger partial charge in [-0.3, -0.25) is 4.79 Å². The van der Waals surface area contributed by atoms with Gasteiger partial charge in [0, 0.05) is 11.3 Å². The van der Waals surface area contributed by atoms with Crippen LogP contribution in [-0.2, 0) is 4.79 Å². The predicted molar refractivity (Wildman–Crippen MR) is 68.7 cm³/mol. The topological polar surface area (TPSA) is 29.1 Å². The van der Waals surface area contributed by atoms with Crippen molar-refractivity contribution in [1.82, 2.24) is 0 Å². The van der Waals surface area contributed by atoms with E-state index < -0.39 is 0 Å². The Kier molecular flexibility index (Phi) is 3.37. The molecule has 0 radical (unpaired) electrons. The van der Waals surface area contributed by atoms with E-state index in [1.54, 1.807) is 11.3 Å². The fourth-order valence-electron chi connectivity index (χ4n) is 1.39. The summed E-state index contributed by atoms with van der Waals surface area (Å²) in [7, 11) is 0. The molecule has 1 heterocycles. The Morgan fingerprint density at radius 1 is 1.19 bits per heavy atom. The van der Waals surface area contributed by atoms with Crippen molar-refractivity contribution < 1.29 is 4.79 Å². The van der Waals surface area contributed by atoms with E-state index in [9.17, 15) is 4.79 Å². The lowest BCUT2D eigenvalue weighted by atomic mass is 10.2. The summed E-state index contributed by atoms with van der Waals surface area (Å²) in [5, 5.41) is 3.77. The number of anilines is 1. The standard InChI is InChI=1S/C13H13NOS/c1-2-12(15)14-13-9-8-11(16-13)10-6-4-3-5-7-10/h3-9H,2H2,1H3,(H,14,15). The molecule has 0 bridgehead atoms. The van der Waals surface area contributed by atoms with Crippen LogP contribution in [0.4, 0.5) is 5.00 Å². The van der Waals surface area contributed by atoms with E-state index >= 15 is 0 Å². The molecular formula is C13H13NOS. The molecule has 16 heavy (non-hydrogen) atoms. The lowest BCUT2D eigenvalue weighted by Crippen LogP contribution is -2.07. The largest absolute Gasteiger partial charge is 0.318 e. The number of carbonyl (C=O) groups excluding carboxylic acids is 1. The van der Waals surface area contributed by atoms with Crippen LogP contribution in [0.5, 0.6) is 0 Å². The highest BCUT2D eigenvalue weighted by Gasteiger charge is 2.04. The molecule has 82 valence electrons. The number of benzene rings is 1. The summed E-state index contributed by atoms with van der Waals surface area (Å²) >= 11 is 1.60. The number of carbonyl (C=O) groups is 1. The molecule has 0 unspecified atom stereocenters. The van der Waals surface area contributed by atoms with Gasteiger partial charge in [-0.05, 0) is 17.7 Å². The van der Waals surface area contributed by atoms with Gasteiger partial charge in [0.2, 0.25) is 5.91 Å². The quantitative estimate of drug-likeness (QED) is 0.856. The first-order chi connectivity index (χ1) is 7.79. The fraction of sp³-hybridized carbons (Fsp3) is 0.154. The van der Waals surface area contributed by atoms with E-state index in [0.717, 1.165) is 5.00 Å². The number of hydrogen-bond acceptors (Lipinski definition) is 2. The van der Waals surface area contributed by atoms with Crippen molar-refractivity contribution in [2.75, 3.05) is 5.32 Å². The number of rotatable bonds is 3. The monoisotopic (exact) mass is 231 g/mol. The summed E-state index contributed by atoms with van der Waals surface area (Å²) in [6.45, 7) is 1.85. The van der Waals surface area contributed by atoms with E-state index in [1.165, 1.54) is 10.4 Å². The molecule has 2 nitrogen and oxygen atoms in total. The second-order valence-corrected chi connectivity index (χ2v) is 4.52. The Morgan fingerprint density at radius 3 is 2.62 bits per heavy atom. The number of hydrogen-bond donors (Lipinski definition) is 1. The number of nitrogens with one attached hydrogen (secondary N) is 1. The van der Waals surface area contributed by atoms with E-state index in [2.05, 4.69) is 17.4 Å². The Hall–Kier alpha value is -1.61. The molecular weight excluding hydrogens is 218 g/mol. The van der Waals surface area contributed by atoms with E-state index in [4.69, 9.17) is 0 Å². The van der Waals surface area contributed by atoms with E-state index in [-0.39, 0.29) is 5.91 Å². The molecule has 0 atom stereocenters. The lowest BCUT2D eigenvalue weighted by molar-refractivity contribution is -0.115. The molecule has 3 heteroatoms. The van der Waals surface area contributed by atoms with Crippen LogP contribution in [0.2, 0.25) is 0 Å². The summed E-state index contributed by atoms with van der Waals surface area (Å²) in [5.41, 5.74) is 1.18. The van der Waals surface area contributed by atoms with Gasteiger partial charge in [0.1, 0.15) is 0 Å². The molecule has 0 aliphatic carbocycles. The lowest BCUT2D eigenvalue weighted by Gasteiger charge is -1.98. The fourth-order valence-corrected chi connectivity index (χ4v) is 2.32. The first kappa shape index (κ1) is 10.9. The molecule has 2 aromatic rings. The van der Waals surface area contributed by atoms with Crippen molar-refractivity contribution in [2.24, 2.45) is 0 Å². The van der Waals surface area contributed by atoms with Crippen LogP contribution in [0.15, 0.2) is 42.5 Å². The van der Waals surface area contributed by atoms with Gasteiger partial charge >= 0.3 is 0 Å². The van der Waals surface area contributed by atoms with Crippen LogP contribution in [0, 0.1) is 0 Å². The van der Waals surface area contributed by atoms with Crippen LogP contribution in [0.25, 0.3) is 10.4 Å². The zero-order valence-corrected chi connectivity index (χ0v) is 9.88. The minimum atomic E-state index is 0.0569. The van der Waals surface area contributed by atoms with E-state index in [1.807, 2.05) is 37.3 Å². The van der Waals surface area contributed by atoms with Crippen molar-refractivity contribution in [3.8, 4) is 10.4 Å². The summed E-state index contributed by atoms with van der Waals surface area (Å²) in [4.78, 5) is 12.4. The maximum atomic E-state index is 11.2. The van der Waals surface area contributed by atoms with Gasteiger partial charge in [0.15, 0.2) is 0 Å². The van der Waals surface area contributed by atoms with Gasteiger partial charge in [0.05, 0.1) is 5.00 Å². The predicted octanol–water partition coefficient (Wildman–Crippen LogP) is 3.76. The summed E-state index contributed by atoms with van der Waals surface area (Å²) in [5.74, 6) is 0.0569. The molecule has 0 spiro atoms. The molecule has 1 aromatic carbocycles. The maximum absolute atomic E-state index is 11.2. The molecule has 1 aromatic heterocycles. The third kappa shape index (κ3) is 2.49. The molecule has 0 saturated heterocycles. The first-order valence-electron chi connectivity index (χ1n) is 5.24. The smallest absolute Gasteiger partial charge is 0.224 e. The number of amides is 1. The van der Waals surface area contributed by atoms with Crippen molar-refractivity contribution in [1.29, 1.82) is 0 Å². The van der Waals surface area contributed by atoms with Crippen LogP contribution < -0.4 is 5.32 Å².